The fourth-order valence-electron chi connectivity index (χ4n) is 7.10. The number of ketones is 1. The summed E-state index contributed by atoms with van der Waals surface area (Å²) < 4.78 is 0. The molecule has 4 atom stereocenters. The number of carbonyl (C=O) groups is 1. The SMILES string of the molecule is C=CC1=C(C)/C2=C/C3N/C(=C4/CC(=O)c5c4[nH]c(c5C)/C=c4\[nH]/c(c(C)c4CC)=C\[C@]14ON24)[C@@H](C)[C@@H]3C. The second kappa shape index (κ2) is 7.29. The van der Waals surface area contributed by atoms with Crippen molar-refractivity contribution in [2.24, 2.45) is 11.8 Å². The number of Topliss-reactive ketones (excluding diaryl/α,β-unsaturated/α-hetero) is 1. The Labute approximate surface area is 217 Å². The number of fused-ring (bicyclic) bond motifs is 5. The summed E-state index contributed by atoms with van der Waals surface area (Å²) in [7, 11) is 0. The standard InChI is InChI=1S/C31H34N4O2/c1-8-19-16(5)25-13-31-21(9-2)17(6)26(35(31)37-31)12-23-14(3)15(4)29(33-23)20-10-27(36)28-18(7)22(34-30(20)28)11-24(19)32-25/h9,11-15,23,32-34H,2,8,10H2,1,3-7H3/b24-11-,25-13-,26-12-,29-20-/t14-,15-,23?,31-,35?/m0/s1. The van der Waals surface area contributed by atoms with E-state index >= 15 is 0 Å². The smallest absolute Gasteiger partial charge is 0.238 e. The summed E-state index contributed by atoms with van der Waals surface area (Å²) in [5.74, 6) is 0.874. The van der Waals surface area contributed by atoms with Crippen molar-refractivity contribution in [3.63, 3.8) is 0 Å². The van der Waals surface area contributed by atoms with Crippen LogP contribution in [0.5, 0.6) is 0 Å². The average molecular weight is 495 g/mol. The van der Waals surface area contributed by atoms with Gasteiger partial charge in [0.1, 0.15) is 0 Å². The van der Waals surface area contributed by atoms with E-state index in [2.05, 4.69) is 81.6 Å². The predicted octanol–water partition coefficient (Wildman–Crippen LogP) is 4.03. The number of hydrogen-bond acceptors (Lipinski definition) is 4. The summed E-state index contributed by atoms with van der Waals surface area (Å²) in [6.45, 7) is 17.3. The van der Waals surface area contributed by atoms with Crippen molar-refractivity contribution in [2.75, 3.05) is 0 Å². The Morgan fingerprint density at radius 3 is 2.70 bits per heavy atom. The third-order valence-corrected chi connectivity index (χ3v) is 9.53. The summed E-state index contributed by atoms with van der Waals surface area (Å²) in [6.07, 6.45) is 9.97. The first-order valence-electron chi connectivity index (χ1n) is 13.4. The monoisotopic (exact) mass is 494 g/mol. The second-order valence-corrected chi connectivity index (χ2v) is 11.3. The minimum atomic E-state index is -0.621. The first kappa shape index (κ1) is 22.7. The molecule has 2 saturated heterocycles. The third-order valence-electron chi connectivity index (χ3n) is 9.53. The van der Waals surface area contributed by atoms with E-state index in [4.69, 9.17) is 4.84 Å². The first-order valence-corrected chi connectivity index (χ1v) is 13.4. The lowest BCUT2D eigenvalue weighted by Crippen LogP contribution is -2.24. The molecule has 6 heteroatoms. The third kappa shape index (κ3) is 2.77. The Balaban J connectivity index is 1.56. The highest BCUT2D eigenvalue weighted by Crippen LogP contribution is 2.56. The van der Waals surface area contributed by atoms with E-state index in [0.717, 1.165) is 56.5 Å². The van der Waals surface area contributed by atoms with Gasteiger partial charge in [0.2, 0.25) is 5.72 Å². The van der Waals surface area contributed by atoms with Gasteiger partial charge >= 0.3 is 0 Å². The highest BCUT2D eigenvalue weighted by Gasteiger charge is 2.62. The van der Waals surface area contributed by atoms with Crippen molar-refractivity contribution in [3.05, 3.63) is 85.6 Å². The number of hydroxylamine groups is 2. The van der Waals surface area contributed by atoms with Gasteiger partial charge in [0.15, 0.2) is 5.78 Å². The molecule has 6 heterocycles. The minimum absolute atomic E-state index is 0.133. The van der Waals surface area contributed by atoms with Crippen LogP contribution in [0.3, 0.4) is 0 Å². The van der Waals surface area contributed by atoms with Gasteiger partial charge in [0.05, 0.1) is 11.4 Å². The number of hydrogen-bond donors (Lipinski definition) is 3. The zero-order valence-corrected chi connectivity index (χ0v) is 22.4. The number of H-pyrrole nitrogens is 2. The van der Waals surface area contributed by atoms with E-state index in [1.807, 2.05) is 11.1 Å². The molecule has 1 aliphatic carbocycles. The highest BCUT2D eigenvalue weighted by atomic mass is 16.9. The zero-order valence-electron chi connectivity index (χ0n) is 22.4. The fourth-order valence-corrected chi connectivity index (χ4v) is 7.10. The Hall–Kier alpha value is -3.51. The maximum atomic E-state index is 13.3. The quantitative estimate of drug-likeness (QED) is 0.551. The van der Waals surface area contributed by atoms with Crippen LogP contribution in [-0.4, -0.2) is 32.6 Å². The van der Waals surface area contributed by atoms with Gasteiger partial charge in [-0.3, -0.25) is 4.79 Å². The van der Waals surface area contributed by atoms with Gasteiger partial charge in [-0.25, -0.2) is 9.90 Å². The molecule has 2 fully saturated rings. The molecular weight excluding hydrogens is 460 g/mol. The van der Waals surface area contributed by atoms with Crippen molar-refractivity contribution >= 4 is 23.5 Å². The number of aromatic nitrogens is 2. The molecule has 0 aromatic carbocycles. The number of aromatic amines is 2. The van der Waals surface area contributed by atoms with Gasteiger partial charge in [0, 0.05) is 63.3 Å². The molecule has 6 nitrogen and oxygen atoms in total. The molecule has 37 heavy (non-hydrogen) atoms. The molecule has 0 spiro atoms. The number of nitrogens with zero attached hydrogens (tertiary/aromatic N) is 1. The van der Waals surface area contributed by atoms with Gasteiger partial charge in [0.25, 0.3) is 0 Å². The Morgan fingerprint density at radius 1 is 1.19 bits per heavy atom. The van der Waals surface area contributed by atoms with Crippen molar-refractivity contribution in [3.8, 4) is 0 Å². The normalized spacial score (nSPS) is 34.4. The summed E-state index contributed by atoms with van der Waals surface area (Å²) in [6, 6.07) is 0.133. The first-order chi connectivity index (χ1) is 17.7. The molecule has 5 aliphatic rings. The van der Waals surface area contributed by atoms with Gasteiger partial charge in [-0.1, -0.05) is 33.4 Å². The molecule has 3 N–H and O–H groups in total. The molecule has 0 radical (unpaired) electrons. The van der Waals surface area contributed by atoms with Gasteiger partial charge in [-0.15, -0.1) is 0 Å². The van der Waals surface area contributed by atoms with Crippen LogP contribution in [0.2, 0.25) is 0 Å². The van der Waals surface area contributed by atoms with E-state index < -0.39 is 5.72 Å². The van der Waals surface area contributed by atoms with Crippen molar-refractivity contribution in [2.45, 2.75) is 66.2 Å². The number of carbonyl (C=O) groups excluding carboxylic acids is 1. The van der Waals surface area contributed by atoms with E-state index in [0.29, 0.717) is 18.3 Å². The van der Waals surface area contributed by atoms with E-state index in [-0.39, 0.29) is 11.8 Å². The van der Waals surface area contributed by atoms with Gasteiger partial charge < -0.3 is 15.3 Å². The Morgan fingerprint density at radius 2 is 1.97 bits per heavy atom. The van der Waals surface area contributed by atoms with Crippen molar-refractivity contribution < 1.29 is 9.63 Å². The molecule has 2 aromatic heterocycles. The van der Waals surface area contributed by atoms with Crippen LogP contribution < -0.4 is 16.0 Å². The maximum Gasteiger partial charge on any atom is 0.238 e. The van der Waals surface area contributed by atoms with Crippen LogP contribution >= 0.6 is 0 Å². The van der Waals surface area contributed by atoms with Crippen LogP contribution in [0.15, 0.2) is 41.3 Å². The lowest BCUT2D eigenvalue weighted by atomic mass is 9.90. The minimum Gasteiger partial charge on any atom is -0.381 e. The molecule has 190 valence electrons. The predicted molar refractivity (Wildman–Crippen MR) is 145 cm³/mol. The largest absolute Gasteiger partial charge is 0.381 e. The summed E-state index contributed by atoms with van der Waals surface area (Å²) in [5, 5.41) is 7.98. The number of rotatable bonds is 2. The van der Waals surface area contributed by atoms with Crippen molar-refractivity contribution in [1.82, 2.24) is 20.3 Å². The maximum absolute atomic E-state index is 13.3. The lowest BCUT2D eigenvalue weighted by Gasteiger charge is -2.15. The lowest BCUT2D eigenvalue weighted by molar-refractivity contribution is 0.100. The van der Waals surface area contributed by atoms with E-state index in [1.165, 1.54) is 22.4 Å². The van der Waals surface area contributed by atoms with E-state index in [1.54, 1.807) is 0 Å². The summed E-state index contributed by atoms with van der Waals surface area (Å²) in [5.41, 5.74) is 11.4. The average Bonchev–Trinajstić information content (AvgIpc) is 3.08. The van der Waals surface area contributed by atoms with Crippen LogP contribution in [0.1, 0.15) is 72.6 Å². The Kier molecular flexibility index (Phi) is 4.46. The topological polar surface area (TPSA) is 76.2 Å². The number of allylic oxidation sites excluding steroid dienone is 3. The molecule has 0 saturated carbocycles. The zero-order chi connectivity index (χ0) is 26.0. The van der Waals surface area contributed by atoms with Gasteiger partial charge in [-0.05, 0) is 67.5 Å². The van der Waals surface area contributed by atoms with Crippen LogP contribution in [0.25, 0.3) is 17.7 Å². The van der Waals surface area contributed by atoms with Crippen molar-refractivity contribution in [1.29, 1.82) is 0 Å². The highest BCUT2D eigenvalue weighted by molar-refractivity contribution is 6.13. The summed E-state index contributed by atoms with van der Waals surface area (Å²) >= 11 is 0. The summed E-state index contributed by atoms with van der Waals surface area (Å²) in [4.78, 5) is 26.9. The number of nitrogens with one attached hydrogen (secondary N) is 3. The molecule has 1 unspecified atom stereocenters. The van der Waals surface area contributed by atoms with E-state index in [9.17, 15) is 4.79 Å². The molecule has 8 bridgehead atoms. The van der Waals surface area contributed by atoms with Crippen LogP contribution in [-0.2, 0) is 11.3 Å². The van der Waals surface area contributed by atoms with Gasteiger partial charge in [-0.2, -0.15) is 0 Å². The molecule has 4 aliphatic heterocycles. The molecule has 2 aromatic rings. The van der Waals surface area contributed by atoms with Crippen LogP contribution in [0, 0.1) is 25.7 Å². The van der Waals surface area contributed by atoms with Crippen LogP contribution in [0.4, 0.5) is 0 Å². The fraction of sp³-hybridized carbons (Fsp3) is 0.387. The molecule has 0 amide bonds. The molecular formula is C31H34N4O2. The second-order valence-electron chi connectivity index (χ2n) is 11.3. The molecule has 7 rings (SSSR count). The Bertz CT molecular complexity index is 1660.